The van der Waals surface area contributed by atoms with Crippen molar-refractivity contribution in [3.8, 4) is 0 Å². The lowest BCUT2D eigenvalue weighted by Crippen LogP contribution is -2.22. The number of rotatable bonds is 3. The lowest BCUT2D eigenvalue weighted by molar-refractivity contribution is 0.633. The zero-order chi connectivity index (χ0) is 11.0. The van der Waals surface area contributed by atoms with Crippen LogP contribution >= 0.6 is 0 Å². The molecule has 1 aliphatic heterocycles. The van der Waals surface area contributed by atoms with Gasteiger partial charge in [-0.05, 0) is 32.2 Å². The van der Waals surface area contributed by atoms with Gasteiger partial charge in [0.2, 0.25) is 0 Å². The van der Waals surface area contributed by atoms with Gasteiger partial charge >= 0.3 is 0 Å². The molecule has 16 heavy (non-hydrogen) atoms. The first-order valence-electron chi connectivity index (χ1n) is 6.43. The number of H-pyrrole nitrogens is 1. The van der Waals surface area contributed by atoms with E-state index in [4.69, 9.17) is 0 Å². The SMILES string of the molecule is CCC1CCc2c(NC3CCNC3)n[nH]c21. The van der Waals surface area contributed by atoms with Gasteiger partial charge in [0.05, 0.1) is 0 Å². The molecule has 0 amide bonds. The molecule has 1 saturated heterocycles. The standard InChI is InChI=1S/C12H20N4/c1-2-8-3-4-10-11(8)15-16-12(10)14-9-5-6-13-7-9/h8-9,13H,2-7H2,1H3,(H2,14,15,16). The Morgan fingerprint density at radius 1 is 1.44 bits per heavy atom. The third-order valence-corrected chi connectivity index (χ3v) is 3.94. The van der Waals surface area contributed by atoms with Gasteiger partial charge in [-0.3, -0.25) is 5.10 Å². The summed E-state index contributed by atoms with van der Waals surface area (Å²) >= 11 is 0. The summed E-state index contributed by atoms with van der Waals surface area (Å²) in [5.74, 6) is 1.82. The molecular formula is C12H20N4. The van der Waals surface area contributed by atoms with Crippen LogP contribution in [0.15, 0.2) is 0 Å². The molecule has 2 atom stereocenters. The Bertz CT molecular complexity index is 365. The van der Waals surface area contributed by atoms with Gasteiger partial charge in [-0.15, -0.1) is 0 Å². The van der Waals surface area contributed by atoms with E-state index in [0.717, 1.165) is 18.9 Å². The van der Waals surface area contributed by atoms with E-state index in [1.165, 1.54) is 36.9 Å². The van der Waals surface area contributed by atoms with Crippen LogP contribution in [0.1, 0.15) is 43.4 Å². The summed E-state index contributed by atoms with van der Waals surface area (Å²) in [6.45, 7) is 4.45. The maximum atomic E-state index is 4.44. The maximum absolute atomic E-state index is 4.44. The van der Waals surface area contributed by atoms with E-state index in [1.54, 1.807) is 0 Å². The lowest BCUT2D eigenvalue weighted by atomic mass is 10.1. The summed E-state index contributed by atoms with van der Waals surface area (Å²) in [5.41, 5.74) is 2.83. The van der Waals surface area contributed by atoms with Gasteiger partial charge in [0.15, 0.2) is 5.82 Å². The number of hydrogen-bond acceptors (Lipinski definition) is 3. The number of aromatic nitrogens is 2. The molecule has 0 bridgehead atoms. The van der Waals surface area contributed by atoms with Crippen LogP contribution in [0, 0.1) is 0 Å². The van der Waals surface area contributed by atoms with Crippen LogP contribution in [0.3, 0.4) is 0 Å². The maximum Gasteiger partial charge on any atom is 0.151 e. The fourth-order valence-electron chi connectivity index (χ4n) is 2.93. The second kappa shape index (κ2) is 4.09. The van der Waals surface area contributed by atoms with Crippen molar-refractivity contribution < 1.29 is 0 Å². The third-order valence-electron chi connectivity index (χ3n) is 3.94. The fourth-order valence-corrected chi connectivity index (χ4v) is 2.93. The molecule has 0 aromatic carbocycles. The van der Waals surface area contributed by atoms with Gasteiger partial charge in [0.25, 0.3) is 0 Å². The first kappa shape index (κ1) is 10.1. The van der Waals surface area contributed by atoms with Crippen molar-refractivity contribution in [2.75, 3.05) is 18.4 Å². The first-order chi connectivity index (χ1) is 7.88. The van der Waals surface area contributed by atoms with Crippen molar-refractivity contribution >= 4 is 5.82 Å². The van der Waals surface area contributed by atoms with Crippen LogP contribution in [0.5, 0.6) is 0 Å². The Balaban J connectivity index is 1.76. The van der Waals surface area contributed by atoms with E-state index in [9.17, 15) is 0 Å². The third kappa shape index (κ3) is 1.61. The Kier molecular flexibility index (Phi) is 2.59. The molecule has 1 aromatic heterocycles. The molecule has 4 heteroatoms. The van der Waals surface area contributed by atoms with E-state index in [2.05, 4.69) is 27.8 Å². The molecule has 1 aromatic rings. The molecule has 2 aliphatic rings. The Labute approximate surface area is 96.2 Å². The zero-order valence-electron chi connectivity index (χ0n) is 9.84. The van der Waals surface area contributed by atoms with Crippen LogP contribution in [-0.2, 0) is 6.42 Å². The predicted octanol–water partition coefficient (Wildman–Crippen LogP) is 1.62. The molecule has 0 spiro atoms. The minimum Gasteiger partial charge on any atom is -0.364 e. The number of anilines is 1. The van der Waals surface area contributed by atoms with Crippen LogP contribution in [0.4, 0.5) is 5.82 Å². The summed E-state index contributed by atoms with van der Waals surface area (Å²) < 4.78 is 0. The highest BCUT2D eigenvalue weighted by Gasteiger charge is 2.27. The molecule has 2 unspecified atom stereocenters. The second-order valence-electron chi connectivity index (χ2n) is 4.94. The van der Waals surface area contributed by atoms with Crippen molar-refractivity contribution in [1.82, 2.24) is 15.5 Å². The highest BCUT2D eigenvalue weighted by Crippen LogP contribution is 2.37. The fraction of sp³-hybridized carbons (Fsp3) is 0.750. The summed E-state index contributed by atoms with van der Waals surface area (Å²) in [7, 11) is 0. The van der Waals surface area contributed by atoms with Gasteiger partial charge in [-0.2, -0.15) is 5.10 Å². The van der Waals surface area contributed by atoms with Crippen molar-refractivity contribution in [2.24, 2.45) is 0 Å². The van der Waals surface area contributed by atoms with E-state index < -0.39 is 0 Å². The molecule has 0 saturated carbocycles. The number of nitrogens with zero attached hydrogens (tertiary/aromatic N) is 1. The van der Waals surface area contributed by atoms with Crippen molar-refractivity contribution in [3.05, 3.63) is 11.3 Å². The quantitative estimate of drug-likeness (QED) is 0.725. The zero-order valence-corrected chi connectivity index (χ0v) is 9.84. The molecule has 3 rings (SSSR count). The average molecular weight is 220 g/mol. The van der Waals surface area contributed by atoms with Crippen LogP contribution < -0.4 is 10.6 Å². The van der Waals surface area contributed by atoms with E-state index in [1.807, 2.05) is 0 Å². The molecule has 0 radical (unpaired) electrons. The average Bonchev–Trinajstić information content (AvgIpc) is 2.97. The van der Waals surface area contributed by atoms with Crippen LogP contribution in [0.2, 0.25) is 0 Å². The van der Waals surface area contributed by atoms with Gasteiger partial charge < -0.3 is 10.6 Å². The highest BCUT2D eigenvalue weighted by atomic mass is 15.2. The minimum absolute atomic E-state index is 0.563. The summed E-state index contributed by atoms with van der Waals surface area (Å²) in [4.78, 5) is 0. The normalized spacial score (nSPS) is 28.3. The largest absolute Gasteiger partial charge is 0.364 e. The molecule has 88 valence electrons. The van der Waals surface area contributed by atoms with Crippen molar-refractivity contribution in [1.29, 1.82) is 0 Å². The summed E-state index contributed by atoms with van der Waals surface area (Å²) in [6, 6.07) is 0.563. The van der Waals surface area contributed by atoms with Gasteiger partial charge in [-0.1, -0.05) is 6.92 Å². The lowest BCUT2D eigenvalue weighted by Gasteiger charge is -2.10. The number of fused-ring (bicyclic) bond motifs is 1. The number of nitrogens with one attached hydrogen (secondary N) is 3. The smallest absolute Gasteiger partial charge is 0.151 e. The van der Waals surface area contributed by atoms with Gasteiger partial charge in [0, 0.05) is 29.8 Å². The van der Waals surface area contributed by atoms with E-state index in [0.29, 0.717) is 12.0 Å². The highest BCUT2D eigenvalue weighted by molar-refractivity contribution is 5.50. The molecule has 3 N–H and O–H groups in total. The Morgan fingerprint density at radius 2 is 2.38 bits per heavy atom. The predicted molar refractivity (Wildman–Crippen MR) is 64.8 cm³/mol. The van der Waals surface area contributed by atoms with Crippen LogP contribution in [-0.4, -0.2) is 29.3 Å². The number of hydrogen-bond donors (Lipinski definition) is 3. The minimum atomic E-state index is 0.563. The summed E-state index contributed by atoms with van der Waals surface area (Å²) in [5, 5.41) is 14.6. The molecule has 4 nitrogen and oxygen atoms in total. The molecule has 1 aliphatic carbocycles. The van der Waals surface area contributed by atoms with Gasteiger partial charge in [0.1, 0.15) is 0 Å². The Morgan fingerprint density at radius 3 is 3.12 bits per heavy atom. The van der Waals surface area contributed by atoms with Crippen LogP contribution in [0.25, 0.3) is 0 Å². The Hall–Kier alpha value is -1.03. The monoisotopic (exact) mass is 220 g/mol. The van der Waals surface area contributed by atoms with Crippen molar-refractivity contribution in [3.63, 3.8) is 0 Å². The number of aromatic amines is 1. The molecule has 2 heterocycles. The second-order valence-corrected chi connectivity index (χ2v) is 4.94. The van der Waals surface area contributed by atoms with Crippen molar-refractivity contribution in [2.45, 2.75) is 44.6 Å². The topological polar surface area (TPSA) is 52.7 Å². The van der Waals surface area contributed by atoms with E-state index >= 15 is 0 Å². The van der Waals surface area contributed by atoms with E-state index in [-0.39, 0.29) is 0 Å². The summed E-state index contributed by atoms with van der Waals surface area (Å²) in [6.07, 6.45) is 4.91. The van der Waals surface area contributed by atoms with Gasteiger partial charge in [-0.25, -0.2) is 0 Å². The molecule has 1 fully saturated rings. The first-order valence-corrected chi connectivity index (χ1v) is 6.43. The molecular weight excluding hydrogens is 200 g/mol.